The highest BCUT2D eigenvalue weighted by Crippen LogP contribution is 2.34. The van der Waals surface area contributed by atoms with Gasteiger partial charge in [-0.1, -0.05) is 6.08 Å². The third-order valence-corrected chi connectivity index (χ3v) is 3.26. The second-order valence-corrected chi connectivity index (χ2v) is 5.06. The summed E-state index contributed by atoms with van der Waals surface area (Å²) >= 11 is 0. The summed E-state index contributed by atoms with van der Waals surface area (Å²) in [7, 11) is 1.46. The van der Waals surface area contributed by atoms with E-state index in [1.807, 2.05) is 13.8 Å². The van der Waals surface area contributed by atoms with Crippen LogP contribution in [0.5, 0.6) is 17.4 Å². The number of hydrogen-bond acceptors (Lipinski definition) is 7. The highest BCUT2D eigenvalue weighted by molar-refractivity contribution is 5.86. The molecule has 2 aromatic rings. The lowest BCUT2D eigenvalue weighted by Gasteiger charge is -2.18. The molecule has 0 saturated carbocycles. The van der Waals surface area contributed by atoms with Crippen LogP contribution < -0.4 is 19.7 Å². The fraction of sp³-hybridized carbons (Fsp3) is 0.375. The van der Waals surface area contributed by atoms with E-state index in [1.54, 1.807) is 12.1 Å². The van der Waals surface area contributed by atoms with E-state index in [2.05, 4.69) is 20.2 Å². The largest absolute Gasteiger partial charge is 0.493 e. The summed E-state index contributed by atoms with van der Waals surface area (Å²) in [5, 5.41) is 12.6. The molecule has 0 aliphatic rings. The van der Waals surface area contributed by atoms with Gasteiger partial charge in [0, 0.05) is 11.8 Å². The summed E-state index contributed by atoms with van der Waals surface area (Å²) < 4.78 is 23.1. The van der Waals surface area contributed by atoms with Crippen molar-refractivity contribution >= 4 is 10.9 Å². The topological polar surface area (TPSA) is 85.7 Å². The molecule has 0 aliphatic heterocycles. The van der Waals surface area contributed by atoms with E-state index in [-0.39, 0.29) is 5.75 Å². The molecule has 0 saturated heterocycles. The summed E-state index contributed by atoms with van der Waals surface area (Å²) in [4.78, 5) is 12.5. The van der Waals surface area contributed by atoms with Gasteiger partial charge >= 0.3 is 0 Å². The minimum Gasteiger partial charge on any atom is -0.493 e. The Bertz CT molecular complexity index is 724. The van der Waals surface area contributed by atoms with Crippen molar-refractivity contribution < 1.29 is 24.0 Å². The van der Waals surface area contributed by atoms with Gasteiger partial charge < -0.3 is 19.7 Å². The Morgan fingerprint density at radius 1 is 1.38 bits per heavy atom. The quantitative estimate of drug-likeness (QED) is 0.435. The average Bonchev–Trinajstić information content (AvgIpc) is 2.58. The number of benzene rings is 1. The number of methoxy groups -OCH3 is 1. The van der Waals surface area contributed by atoms with E-state index in [9.17, 15) is 4.39 Å². The zero-order valence-corrected chi connectivity index (χ0v) is 13.7. The summed E-state index contributed by atoms with van der Waals surface area (Å²) in [5.41, 5.74) is 1.34. The van der Waals surface area contributed by atoms with Crippen molar-refractivity contribution in [3.8, 4) is 17.4 Å². The Hall–Kier alpha value is -2.61. The molecule has 2 N–H and O–H groups in total. The van der Waals surface area contributed by atoms with Crippen LogP contribution in [0.25, 0.3) is 10.9 Å². The Morgan fingerprint density at radius 2 is 2.17 bits per heavy atom. The van der Waals surface area contributed by atoms with Crippen LogP contribution in [0.3, 0.4) is 0 Å². The van der Waals surface area contributed by atoms with Gasteiger partial charge in [-0.25, -0.2) is 15.2 Å². The number of fused-ring (bicyclic) bond motifs is 1. The second-order valence-electron chi connectivity index (χ2n) is 5.06. The van der Waals surface area contributed by atoms with Gasteiger partial charge in [0.05, 0.1) is 24.7 Å². The smallest absolute Gasteiger partial charge is 0.226 e. The molecule has 1 aromatic heterocycles. The molecular formula is C16H20FN3O4. The van der Waals surface area contributed by atoms with Gasteiger partial charge in [-0.2, -0.15) is 0 Å². The number of alkyl halides is 1. The maximum atomic E-state index is 12.2. The molecule has 0 aliphatic carbocycles. The number of rotatable bonds is 8. The van der Waals surface area contributed by atoms with E-state index in [0.29, 0.717) is 29.0 Å². The van der Waals surface area contributed by atoms with Crippen molar-refractivity contribution in [1.82, 2.24) is 15.3 Å². The van der Waals surface area contributed by atoms with Crippen molar-refractivity contribution in [3.05, 3.63) is 30.2 Å². The standard InChI is InChI=1S/C16H20FN3O4/c1-10(5-4-6-17)20-11(2)23-16-12-7-14(22-3)15(24-21)8-13(12)18-9-19-16/h5,7-9,11,20-21H,4,6H2,1-3H3/b10-5-. The Morgan fingerprint density at radius 3 is 2.83 bits per heavy atom. The maximum Gasteiger partial charge on any atom is 0.226 e. The number of aromatic nitrogens is 2. The van der Waals surface area contributed by atoms with Crippen LogP contribution in [-0.2, 0) is 0 Å². The van der Waals surface area contributed by atoms with Gasteiger partial charge in [0.15, 0.2) is 12.0 Å². The number of nitrogens with zero attached hydrogens (tertiary/aromatic N) is 2. The Kier molecular flexibility index (Phi) is 6.14. The number of hydrogen-bond donors (Lipinski definition) is 2. The molecule has 0 fully saturated rings. The molecule has 2 rings (SSSR count). The van der Waals surface area contributed by atoms with Crippen molar-refractivity contribution in [2.75, 3.05) is 13.8 Å². The van der Waals surface area contributed by atoms with Crippen molar-refractivity contribution in [2.24, 2.45) is 0 Å². The molecule has 7 nitrogen and oxygen atoms in total. The Balaban J connectivity index is 2.25. The molecule has 1 atom stereocenters. The number of ether oxygens (including phenoxy) is 2. The van der Waals surface area contributed by atoms with Crippen LogP contribution in [0.4, 0.5) is 4.39 Å². The third-order valence-electron chi connectivity index (χ3n) is 3.26. The molecule has 0 spiro atoms. The molecule has 1 aromatic carbocycles. The minimum absolute atomic E-state index is 0.144. The monoisotopic (exact) mass is 337 g/mol. The van der Waals surface area contributed by atoms with Gasteiger partial charge in [0.25, 0.3) is 0 Å². The molecule has 0 bridgehead atoms. The third kappa shape index (κ3) is 4.23. The second kappa shape index (κ2) is 8.30. The lowest BCUT2D eigenvalue weighted by atomic mass is 10.2. The lowest BCUT2D eigenvalue weighted by molar-refractivity contribution is -0.138. The normalized spacial score (nSPS) is 12.8. The fourth-order valence-electron chi connectivity index (χ4n) is 2.21. The molecular weight excluding hydrogens is 317 g/mol. The molecule has 0 radical (unpaired) electrons. The first-order valence-electron chi connectivity index (χ1n) is 7.39. The first kappa shape index (κ1) is 17.7. The average molecular weight is 337 g/mol. The molecule has 130 valence electrons. The number of allylic oxidation sites excluding steroid dienone is 2. The SMILES string of the molecule is COc1cc2c(OC(C)N/C(C)=C\CCF)ncnc2cc1OO. The molecule has 1 unspecified atom stereocenters. The predicted molar refractivity (Wildman–Crippen MR) is 86.9 cm³/mol. The minimum atomic E-state index is -0.403. The van der Waals surface area contributed by atoms with Gasteiger partial charge in [-0.15, -0.1) is 0 Å². The number of nitrogens with one attached hydrogen (secondary N) is 1. The first-order chi connectivity index (χ1) is 11.6. The van der Waals surface area contributed by atoms with Crippen molar-refractivity contribution in [2.45, 2.75) is 26.5 Å². The first-order valence-corrected chi connectivity index (χ1v) is 7.39. The van der Waals surface area contributed by atoms with E-state index in [4.69, 9.17) is 14.7 Å². The molecule has 0 amide bonds. The summed E-state index contributed by atoms with van der Waals surface area (Å²) in [6.07, 6.45) is 3.07. The zero-order valence-electron chi connectivity index (χ0n) is 13.7. The maximum absolute atomic E-state index is 12.2. The van der Waals surface area contributed by atoms with E-state index < -0.39 is 12.9 Å². The van der Waals surface area contributed by atoms with Crippen LogP contribution >= 0.6 is 0 Å². The Labute approximate surface area is 139 Å². The zero-order chi connectivity index (χ0) is 17.5. The van der Waals surface area contributed by atoms with Crippen LogP contribution in [0, 0.1) is 0 Å². The fourth-order valence-corrected chi connectivity index (χ4v) is 2.21. The van der Waals surface area contributed by atoms with Gasteiger partial charge in [-0.3, -0.25) is 4.39 Å². The van der Waals surface area contributed by atoms with Crippen molar-refractivity contribution in [1.29, 1.82) is 0 Å². The number of halogens is 1. The summed E-state index contributed by atoms with van der Waals surface area (Å²) in [6.45, 7) is 3.24. The predicted octanol–water partition coefficient (Wildman–Crippen LogP) is 3.07. The van der Waals surface area contributed by atoms with E-state index in [0.717, 1.165) is 5.70 Å². The molecule has 8 heteroatoms. The van der Waals surface area contributed by atoms with Gasteiger partial charge in [0.1, 0.15) is 6.33 Å². The van der Waals surface area contributed by atoms with Crippen LogP contribution in [-0.4, -0.2) is 35.2 Å². The van der Waals surface area contributed by atoms with Gasteiger partial charge in [-0.05, 0) is 26.3 Å². The molecule has 24 heavy (non-hydrogen) atoms. The van der Waals surface area contributed by atoms with Crippen molar-refractivity contribution in [3.63, 3.8) is 0 Å². The summed E-state index contributed by atoms with van der Waals surface area (Å²) in [6, 6.07) is 3.14. The summed E-state index contributed by atoms with van der Waals surface area (Å²) in [5.74, 6) is 0.816. The van der Waals surface area contributed by atoms with Crippen LogP contribution in [0.2, 0.25) is 0 Å². The van der Waals surface area contributed by atoms with Gasteiger partial charge in [0.2, 0.25) is 11.6 Å². The van der Waals surface area contributed by atoms with E-state index in [1.165, 1.54) is 19.5 Å². The highest BCUT2D eigenvalue weighted by atomic mass is 19.1. The molecule has 1 heterocycles. The van der Waals surface area contributed by atoms with Crippen LogP contribution in [0.15, 0.2) is 30.2 Å². The van der Waals surface area contributed by atoms with Crippen LogP contribution in [0.1, 0.15) is 20.3 Å². The highest BCUT2D eigenvalue weighted by Gasteiger charge is 2.14. The lowest BCUT2D eigenvalue weighted by Crippen LogP contribution is -2.30. The van der Waals surface area contributed by atoms with E-state index >= 15 is 0 Å².